The summed E-state index contributed by atoms with van der Waals surface area (Å²) in [5.74, 6) is 0. The molecule has 1 aromatic heterocycles. The maximum absolute atomic E-state index is 2.48. The number of hydrogen-bond donors (Lipinski definition) is 0. The van der Waals surface area contributed by atoms with Gasteiger partial charge >= 0.3 is 0 Å². The fourth-order valence-corrected chi connectivity index (χ4v) is 4.82. The molecule has 0 saturated heterocycles. The first-order valence-electron chi connectivity index (χ1n) is 6.72. The molecule has 0 radical (unpaired) electrons. The van der Waals surface area contributed by atoms with Gasteiger partial charge in [-0.3, -0.25) is 4.90 Å². The molecule has 0 amide bonds. The van der Waals surface area contributed by atoms with Gasteiger partial charge in [-0.2, -0.15) is 0 Å². The predicted octanol–water partition coefficient (Wildman–Crippen LogP) is 4.46. The van der Waals surface area contributed by atoms with Gasteiger partial charge in [-0.05, 0) is 43.5 Å². The summed E-state index contributed by atoms with van der Waals surface area (Å²) in [7, 11) is 2.24. The molecule has 100 valence electrons. The van der Waals surface area contributed by atoms with Gasteiger partial charge in [0.2, 0.25) is 0 Å². The Morgan fingerprint density at radius 3 is 2.84 bits per heavy atom. The number of thioether (sulfide) groups is 1. The monoisotopic (exact) mass is 289 g/mol. The zero-order valence-electron chi connectivity index (χ0n) is 11.4. The molecule has 0 spiro atoms. The van der Waals surface area contributed by atoms with Crippen molar-refractivity contribution in [3.8, 4) is 0 Å². The van der Waals surface area contributed by atoms with E-state index in [1.54, 1.807) is 0 Å². The minimum absolute atomic E-state index is 0.518. The van der Waals surface area contributed by atoms with Crippen LogP contribution < -0.4 is 0 Å². The first-order valence-corrected chi connectivity index (χ1v) is 8.48. The standard InChI is InChI=1S/C16H19NS2/c1-12(15-8-5-9-18-15)17(2)11-14-10-13-6-3-4-7-16(13)19-14/h3-9,12,14H,10-11H2,1-2H3. The SMILES string of the molecule is CC(c1cccs1)N(C)CC1Cc2ccccc2S1. The van der Waals surface area contributed by atoms with Crippen molar-refractivity contribution in [2.24, 2.45) is 0 Å². The number of fused-ring (bicyclic) bond motifs is 1. The highest BCUT2D eigenvalue weighted by Gasteiger charge is 2.24. The lowest BCUT2D eigenvalue weighted by atomic mass is 10.1. The number of nitrogens with zero attached hydrogens (tertiary/aromatic N) is 1. The molecule has 1 aliphatic heterocycles. The molecule has 3 rings (SSSR count). The van der Waals surface area contributed by atoms with Crippen molar-refractivity contribution in [3.05, 3.63) is 52.2 Å². The molecule has 2 atom stereocenters. The van der Waals surface area contributed by atoms with Crippen LogP contribution in [-0.2, 0) is 6.42 Å². The third-order valence-corrected chi connectivity index (χ3v) is 6.17. The van der Waals surface area contributed by atoms with E-state index in [9.17, 15) is 0 Å². The molecule has 1 aliphatic rings. The molecule has 0 N–H and O–H groups in total. The Morgan fingerprint density at radius 1 is 1.26 bits per heavy atom. The van der Waals surface area contributed by atoms with Gasteiger partial charge < -0.3 is 0 Å². The van der Waals surface area contributed by atoms with Crippen LogP contribution in [0.1, 0.15) is 23.4 Å². The maximum atomic E-state index is 2.48. The topological polar surface area (TPSA) is 3.24 Å². The summed E-state index contributed by atoms with van der Waals surface area (Å²) >= 11 is 3.90. The average molecular weight is 289 g/mol. The zero-order chi connectivity index (χ0) is 13.2. The molecule has 0 fully saturated rings. The van der Waals surface area contributed by atoms with Gasteiger partial charge in [0.05, 0.1) is 0 Å². The Morgan fingerprint density at radius 2 is 2.11 bits per heavy atom. The van der Waals surface area contributed by atoms with Crippen LogP contribution in [-0.4, -0.2) is 23.7 Å². The Labute approximate surface area is 123 Å². The number of thiophene rings is 1. The number of hydrogen-bond acceptors (Lipinski definition) is 3. The minimum atomic E-state index is 0.518. The average Bonchev–Trinajstić information content (AvgIpc) is 3.06. The molecule has 1 aromatic carbocycles. The molecule has 19 heavy (non-hydrogen) atoms. The normalized spacial score (nSPS) is 19.6. The molecule has 2 aromatic rings. The van der Waals surface area contributed by atoms with Crippen LogP contribution in [0.3, 0.4) is 0 Å². The molecule has 0 bridgehead atoms. The Hall–Kier alpha value is -0.770. The Kier molecular flexibility index (Phi) is 3.96. The van der Waals surface area contributed by atoms with Crippen molar-refractivity contribution in [2.75, 3.05) is 13.6 Å². The largest absolute Gasteiger partial charge is 0.298 e. The van der Waals surface area contributed by atoms with Crippen molar-refractivity contribution in [1.29, 1.82) is 0 Å². The lowest BCUT2D eigenvalue weighted by molar-refractivity contribution is 0.266. The highest BCUT2D eigenvalue weighted by Crippen LogP contribution is 2.37. The fourth-order valence-electron chi connectivity index (χ4n) is 2.58. The first-order chi connectivity index (χ1) is 9.24. The molecular weight excluding hydrogens is 270 g/mol. The van der Waals surface area contributed by atoms with E-state index in [1.165, 1.54) is 21.8 Å². The van der Waals surface area contributed by atoms with Crippen LogP contribution in [0.15, 0.2) is 46.7 Å². The second kappa shape index (κ2) is 5.70. The van der Waals surface area contributed by atoms with Crippen molar-refractivity contribution in [2.45, 2.75) is 29.5 Å². The summed E-state index contributed by atoms with van der Waals surface area (Å²) in [4.78, 5) is 5.42. The van der Waals surface area contributed by atoms with E-state index in [4.69, 9.17) is 0 Å². The zero-order valence-corrected chi connectivity index (χ0v) is 13.0. The summed E-state index contributed by atoms with van der Waals surface area (Å²) in [5.41, 5.74) is 1.52. The lowest BCUT2D eigenvalue weighted by Gasteiger charge is -2.26. The van der Waals surface area contributed by atoms with Gasteiger partial charge in [-0.1, -0.05) is 24.3 Å². The minimum Gasteiger partial charge on any atom is -0.298 e. The highest BCUT2D eigenvalue weighted by atomic mass is 32.2. The van der Waals surface area contributed by atoms with E-state index in [-0.39, 0.29) is 0 Å². The molecule has 3 heteroatoms. The van der Waals surface area contributed by atoms with Gasteiger partial charge in [-0.15, -0.1) is 23.1 Å². The van der Waals surface area contributed by atoms with Crippen LogP contribution in [0.5, 0.6) is 0 Å². The van der Waals surface area contributed by atoms with Gasteiger partial charge in [0.1, 0.15) is 0 Å². The summed E-state index contributed by atoms with van der Waals surface area (Å²) in [6.07, 6.45) is 1.21. The molecule has 0 saturated carbocycles. The van der Waals surface area contributed by atoms with Gasteiger partial charge in [0, 0.05) is 27.6 Å². The lowest BCUT2D eigenvalue weighted by Crippen LogP contribution is -2.29. The first kappa shape index (κ1) is 13.2. The van der Waals surface area contributed by atoms with E-state index in [2.05, 4.69) is 60.6 Å². The van der Waals surface area contributed by atoms with Crippen molar-refractivity contribution < 1.29 is 0 Å². The third kappa shape index (κ3) is 2.88. The molecule has 0 aliphatic carbocycles. The Balaban J connectivity index is 1.61. The number of rotatable bonds is 4. The molecule has 1 nitrogen and oxygen atoms in total. The van der Waals surface area contributed by atoms with Crippen LogP contribution in [0, 0.1) is 0 Å². The highest BCUT2D eigenvalue weighted by molar-refractivity contribution is 8.00. The third-order valence-electron chi connectivity index (χ3n) is 3.82. The van der Waals surface area contributed by atoms with Crippen molar-refractivity contribution in [1.82, 2.24) is 4.90 Å². The van der Waals surface area contributed by atoms with E-state index in [1.807, 2.05) is 23.1 Å². The van der Waals surface area contributed by atoms with Gasteiger partial charge in [0.15, 0.2) is 0 Å². The van der Waals surface area contributed by atoms with Crippen molar-refractivity contribution >= 4 is 23.1 Å². The van der Waals surface area contributed by atoms with Gasteiger partial charge in [-0.25, -0.2) is 0 Å². The smallest absolute Gasteiger partial charge is 0.0410 e. The summed E-state index contributed by atoms with van der Waals surface area (Å²) < 4.78 is 0. The summed E-state index contributed by atoms with van der Waals surface area (Å²) in [6.45, 7) is 3.46. The van der Waals surface area contributed by atoms with E-state index >= 15 is 0 Å². The van der Waals surface area contributed by atoms with Crippen LogP contribution >= 0.6 is 23.1 Å². The molecule has 2 unspecified atom stereocenters. The maximum Gasteiger partial charge on any atom is 0.0410 e. The second-order valence-electron chi connectivity index (χ2n) is 5.18. The van der Waals surface area contributed by atoms with Gasteiger partial charge in [0.25, 0.3) is 0 Å². The van der Waals surface area contributed by atoms with Crippen LogP contribution in [0.25, 0.3) is 0 Å². The van der Waals surface area contributed by atoms with Crippen molar-refractivity contribution in [3.63, 3.8) is 0 Å². The quantitative estimate of drug-likeness (QED) is 0.817. The Bertz CT molecular complexity index is 510. The van der Waals surface area contributed by atoms with Crippen LogP contribution in [0.2, 0.25) is 0 Å². The van der Waals surface area contributed by atoms with Crippen LogP contribution in [0.4, 0.5) is 0 Å². The summed E-state index contributed by atoms with van der Waals surface area (Å²) in [5, 5.41) is 2.87. The van der Waals surface area contributed by atoms with E-state index < -0.39 is 0 Å². The predicted molar refractivity (Wildman–Crippen MR) is 85.2 cm³/mol. The van der Waals surface area contributed by atoms with E-state index in [0.29, 0.717) is 11.3 Å². The fraction of sp³-hybridized carbons (Fsp3) is 0.375. The molecular formula is C16H19NS2. The summed E-state index contributed by atoms with van der Waals surface area (Å²) in [6, 6.07) is 13.7. The number of benzene rings is 1. The second-order valence-corrected chi connectivity index (χ2v) is 7.50. The molecule has 2 heterocycles. The van der Waals surface area contributed by atoms with E-state index in [0.717, 1.165) is 6.54 Å².